The lowest BCUT2D eigenvalue weighted by atomic mass is 10.1. The Morgan fingerprint density at radius 3 is 2.75 bits per heavy atom. The molecule has 1 N–H and O–H groups in total. The van der Waals surface area contributed by atoms with Gasteiger partial charge in [-0.2, -0.15) is 0 Å². The number of carboxylic acids is 1. The maximum atomic E-state index is 10.7. The fourth-order valence-electron chi connectivity index (χ4n) is 1.96. The minimum Gasteiger partial charge on any atom is -0.495 e. The number of hydrogen-bond acceptors (Lipinski definition) is 3. The summed E-state index contributed by atoms with van der Waals surface area (Å²) >= 11 is 7.71. The van der Waals surface area contributed by atoms with Crippen LogP contribution in [0.1, 0.15) is 24.1 Å². The van der Waals surface area contributed by atoms with Crippen molar-refractivity contribution < 1.29 is 14.6 Å². The number of aliphatic carboxylic acids is 1. The zero-order valence-electron chi connectivity index (χ0n) is 11.2. The van der Waals surface area contributed by atoms with Gasteiger partial charge in [-0.1, -0.05) is 18.5 Å². The van der Waals surface area contributed by atoms with E-state index in [0.717, 1.165) is 15.3 Å². The van der Waals surface area contributed by atoms with Gasteiger partial charge in [-0.05, 0) is 35.9 Å². The number of methoxy groups -OCH3 is 1. The van der Waals surface area contributed by atoms with E-state index in [2.05, 4.69) is 0 Å². The van der Waals surface area contributed by atoms with Crippen molar-refractivity contribution in [2.75, 3.05) is 7.11 Å². The monoisotopic (exact) mass is 310 g/mol. The maximum absolute atomic E-state index is 10.7. The molecule has 0 amide bonds. The summed E-state index contributed by atoms with van der Waals surface area (Å²) in [6.07, 6.45) is 0.142. The molecule has 0 aliphatic rings. The number of rotatable bonds is 5. The van der Waals surface area contributed by atoms with Crippen LogP contribution in [-0.4, -0.2) is 18.2 Å². The Hall–Kier alpha value is -1.52. The van der Waals surface area contributed by atoms with E-state index in [9.17, 15) is 4.79 Å². The van der Waals surface area contributed by atoms with Crippen LogP contribution in [0, 0.1) is 0 Å². The van der Waals surface area contributed by atoms with Crippen molar-refractivity contribution in [1.29, 1.82) is 0 Å². The SMILES string of the molecule is COc1ccc(-c2ccc(C(C)CC(=O)O)s2)cc1Cl. The quantitative estimate of drug-likeness (QED) is 0.874. The third-order valence-electron chi connectivity index (χ3n) is 3.03. The molecule has 0 aliphatic carbocycles. The lowest BCUT2D eigenvalue weighted by molar-refractivity contribution is -0.137. The Bertz CT molecular complexity index is 621. The molecule has 1 heterocycles. The van der Waals surface area contributed by atoms with Gasteiger partial charge in [0.05, 0.1) is 18.6 Å². The van der Waals surface area contributed by atoms with Crippen LogP contribution in [0.5, 0.6) is 5.75 Å². The number of thiophene rings is 1. The third-order valence-corrected chi connectivity index (χ3v) is 4.69. The number of carboxylic acid groups (broad SMARTS) is 1. The summed E-state index contributed by atoms with van der Waals surface area (Å²) in [6, 6.07) is 9.61. The summed E-state index contributed by atoms with van der Waals surface area (Å²) in [5.41, 5.74) is 1.01. The van der Waals surface area contributed by atoms with Gasteiger partial charge in [-0.15, -0.1) is 11.3 Å². The Labute approximate surface area is 126 Å². The van der Waals surface area contributed by atoms with E-state index in [0.29, 0.717) is 10.8 Å². The summed E-state index contributed by atoms with van der Waals surface area (Å²) in [7, 11) is 1.58. The van der Waals surface area contributed by atoms with Gasteiger partial charge in [0.25, 0.3) is 0 Å². The van der Waals surface area contributed by atoms with Gasteiger partial charge in [0.15, 0.2) is 0 Å². The molecule has 0 saturated carbocycles. The van der Waals surface area contributed by atoms with E-state index in [4.69, 9.17) is 21.4 Å². The third kappa shape index (κ3) is 3.32. The topological polar surface area (TPSA) is 46.5 Å². The van der Waals surface area contributed by atoms with Crippen molar-refractivity contribution in [2.24, 2.45) is 0 Å². The maximum Gasteiger partial charge on any atom is 0.303 e. The second-order valence-electron chi connectivity index (χ2n) is 4.55. The summed E-state index contributed by atoms with van der Waals surface area (Å²) in [5, 5.41) is 9.40. The van der Waals surface area contributed by atoms with Crippen LogP contribution in [0.4, 0.5) is 0 Å². The number of halogens is 1. The molecule has 20 heavy (non-hydrogen) atoms. The van der Waals surface area contributed by atoms with Gasteiger partial charge in [0, 0.05) is 15.7 Å². The van der Waals surface area contributed by atoms with E-state index in [-0.39, 0.29) is 12.3 Å². The number of carbonyl (C=O) groups is 1. The fraction of sp³-hybridized carbons (Fsp3) is 0.267. The lowest BCUT2D eigenvalue weighted by Crippen LogP contribution is -2.00. The van der Waals surface area contributed by atoms with Crippen LogP contribution in [0.15, 0.2) is 30.3 Å². The normalized spacial score (nSPS) is 12.2. The molecule has 1 aromatic carbocycles. The van der Waals surface area contributed by atoms with Crippen molar-refractivity contribution in [1.82, 2.24) is 0 Å². The van der Waals surface area contributed by atoms with Gasteiger partial charge in [0.1, 0.15) is 5.75 Å². The lowest BCUT2D eigenvalue weighted by Gasteiger charge is -2.06. The van der Waals surface area contributed by atoms with Gasteiger partial charge in [-0.25, -0.2) is 0 Å². The molecule has 2 aromatic rings. The van der Waals surface area contributed by atoms with Gasteiger partial charge in [0.2, 0.25) is 0 Å². The first kappa shape index (κ1) is 14.9. The largest absolute Gasteiger partial charge is 0.495 e. The van der Waals surface area contributed by atoms with E-state index < -0.39 is 5.97 Å². The highest BCUT2D eigenvalue weighted by Crippen LogP contribution is 2.36. The van der Waals surface area contributed by atoms with Gasteiger partial charge < -0.3 is 9.84 Å². The Balaban J connectivity index is 2.24. The predicted molar refractivity (Wildman–Crippen MR) is 82.0 cm³/mol. The predicted octanol–water partition coefficient (Wildman–Crippen LogP) is 4.66. The summed E-state index contributed by atoms with van der Waals surface area (Å²) in [5.74, 6) is -0.119. The van der Waals surface area contributed by atoms with Gasteiger partial charge in [-0.3, -0.25) is 4.79 Å². The van der Waals surface area contributed by atoms with Crippen molar-refractivity contribution in [3.63, 3.8) is 0 Å². The van der Waals surface area contributed by atoms with Crippen molar-refractivity contribution in [3.05, 3.63) is 40.2 Å². The smallest absolute Gasteiger partial charge is 0.303 e. The van der Waals surface area contributed by atoms with Crippen LogP contribution < -0.4 is 4.74 Å². The van der Waals surface area contributed by atoms with E-state index in [1.165, 1.54) is 0 Å². The summed E-state index contributed by atoms with van der Waals surface area (Å²) in [6.45, 7) is 1.92. The standard InChI is InChI=1S/C15H15ClO3S/c1-9(7-15(17)18)13-5-6-14(20-13)10-3-4-12(19-2)11(16)8-10/h3-6,8-9H,7H2,1-2H3,(H,17,18). The highest BCUT2D eigenvalue weighted by molar-refractivity contribution is 7.15. The molecule has 2 rings (SSSR count). The molecule has 1 atom stereocenters. The van der Waals surface area contributed by atoms with Crippen molar-refractivity contribution >= 4 is 28.9 Å². The van der Waals surface area contributed by atoms with Crippen LogP contribution in [0.3, 0.4) is 0 Å². The van der Waals surface area contributed by atoms with Crippen LogP contribution in [0.25, 0.3) is 10.4 Å². The second-order valence-corrected chi connectivity index (χ2v) is 6.07. The molecule has 0 radical (unpaired) electrons. The Kier molecular flexibility index (Phi) is 4.68. The zero-order valence-corrected chi connectivity index (χ0v) is 12.8. The molecule has 0 aliphatic heterocycles. The Morgan fingerprint density at radius 1 is 1.40 bits per heavy atom. The zero-order chi connectivity index (χ0) is 14.7. The molecule has 5 heteroatoms. The molecule has 1 unspecified atom stereocenters. The molecule has 1 aromatic heterocycles. The minimum absolute atomic E-state index is 0.0139. The fourth-order valence-corrected chi connectivity index (χ4v) is 3.27. The average molecular weight is 311 g/mol. The van der Waals surface area contributed by atoms with Crippen molar-refractivity contribution in [3.8, 4) is 16.2 Å². The Morgan fingerprint density at radius 2 is 2.15 bits per heavy atom. The van der Waals surface area contributed by atoms with Gasteiger partial charge >= 0.3 is 5.97 Å². The molecule has 0 saturated heterocycles. The summed E-state index contributed by atoms with van der Waals surface area (Å²) < 4.78 is 5.13. The number of benzene rings is 1. The molecule has 0 spiro atoms. The number of ether oxygens (including phenoxy) is 1. The second kappa shape index (κ2) is 6.29. The van der Waals surface area contributed by atoms with Crippen LogP contribution >= 0.6 is 22.9 Å². The molecule has 106 valence electrons. The first-order valence-electron chi connectivity index (χ1n) is 6.16. The highest BCUT2D eigenvalue weighted by Gasteiger charge is 2.13. The molecule has 0 bridgehead atoms. The van der Waals surface area contributed by atoms with Crippen LogP contribution in [0.2, 0.25) is 5.02 Å². The average Bonchev–Trinajstić information content (AvgIpc) is 2.87. The first-order chi connectivity index (χ1) is 9.51. The molecule has 3 nitrogen and oxygen atoms in total. The highest BCUT2D eigenvalue weighted by atomic mass is 35.5. The minimum atomic E-state index is -0.778. The first-order valence-corrected chi connectivity index (χ1v) is 7.36. The van der Waals surface area contributed by atoms with E-state index in [1.807, 2.05) is 37.3 Å². The van der Waals surface area contributed by atoms with Crippen molar-refractivity contribution in [2.45, 2.75) is 19.3 Å². The van der Waals surface area contributed by atoms with E-state index >= 15 is 0 Å². The van der Waals surface area contributed by atoms with Crippen LogP contribution in [-0.2, 0) is 4.79 Å². The number of hydrogen-bond donors (Lipinski definition) is 1. The summed E-state index contributed by atoms with van der Waals surface area (Å²) in [4.78, 5) is 12.9. The molecule has 0 fully saturated rings. The van der Waals surface area contributed by atoms with E-state index in [1.54, 1.807) is 18.4 Å². The molecular weight excluding hydrogens is 296 g/mol. The molecular formula is C15H15ClO3S.